The Balaban J connectivity index is 0.000000126. The maximum atomic E-state index is 15.5. The van der Waals surface area contributed by atoms with Gasteiger partial charge in [-0.25, -0.2) is 37.5 Å². The van der Waals surface area contributed by atoms with E-state index >= 15 is 13.2 Å². The van der Waals surface area contributed by atoms with E-state index in [1.54, 1.807) is 70.2 Å². The zero-order chi connectivity index (χ0) is 89.9. The lowest BCUT2D eigenvalue weighted by molar-refractivity contribution is -0.127. The van der Waals surface area contributed by atoms with Gasteiger partial charge in [0.15, 0.2) is 46.5 Å². The second-order valence-electron chi connectivity index (χ2n) is 32.8. The van der Waals surface area contributed by atoms with Crippen LogP contribution in [-0.2, 0) is 64.1 Å². The number of rotatable bonds is 22. The number of benzene rings is 2. The van der Waals surface area contributed by atoms with Crippen LogP contribution in [0.25, 0.3) is 0 Å². The van der Waals surface area contributed by atoms with E-state index in [1.165, 1.54) is 18.2 Å². The van der Waals surface area contributed by atoms with Crippen molar-refractivity contribution in [3.8, 4) is 0 Å². The minimum absolute atomic E-state index is 0.0432. The number of allylic oxidation sites excluding steroid dienone is 1. The number of ether oxygens (including phenoxy) is 2. The lowest BCUT2D eigenvalue weighted by Crippen LogP contribution is -2.59. The van der Waals surface area contributed by atoms with Crippen molar-refractivity contribution < 1.29 is 60.6 Å². The predicted octanol–water partition coefficient (Wildman–Crippen LogP) is 7.90. The summed E-state index contributed by atoms with van der Waals surface area (Å²) in [6.07, 6.45) is 13.8. The third kappa shape index (κ3) is 18.6. The van der Waals surface area contributed by atoms with Crippen LogP contribution >= 0.6 is 11.6 Å². The smallest absolute Gasteiger partial charge is 0.255 e. The zero-order valence-electron chi connectivity index (χ0n) is 70.9. The Bertz CT molecular complexity index is 5720. The molecule has 2 aromatic carbocycles. The molecule has 19 rings (SSSR count). The van der Waals surface area contributed by atoms with Crippen molar-refractivity contribution in [2.24, 2.45) is 31.8 Å². The maximum absolute atomic E-state index is 15.5. The number of piperidine rings is 1. The number of anilines is 14. The van der Waals surface area contributed by atoms with Gasteiger partial charge in [-0.2, -0.15) is 10.2 Å². The van der Waals surface area contributed by atoms with E-state index in [9.17, 15) is 38.0 Å². The Morgan fingerprint density at radius 3 is 1.41 bits per heavy atom. The Morgan fingerprint density at radius 1 is 0.484 bits per heavy atom. The van der Waals surface area contributed by atoms with Gasteiger partial charge in [0.1, 0.15) is 23.3 Å². The first-order valence-electron chi connectivity index (χ1n) is 42.3. The van der Waals surface area contributed by atoms with Crippen LogP contribution in [0.2, 0.25) is 5.02 Å². The summed E-state index contributed by atoms with van der Waals surface area (Å²) in [6.45, 7) is 32.7. The highest BCUT2D eigenvalue weighted by molar-refractivity contribution is 6.33. The van der Waals surface area contributed by atoms with Crippen molar-refractivity contribution in [1.29, 1.82) is 0 Å². The van der Waals surface area contributed by atoms with Crippen LogP contribution in [0.4, 0.5) is 98.2 Å². The number of hydrogen-bond donors (Lipinski definition) is 11. The van der Waals surface area contributed by atoms with Gasteiger partial charge in [0.2, 0.25) is 17.7 Å². The number of morpholine rings is 2. The number of carbonyl (C=O) groups excluding carboxylic acids is 7. The first-order valence-corrected chi connectivity index (χ1v) is 42.6. The van der Waals surface area contributed by atoms with Gasteiger partial charge in [-0.3, -0.25) is 42.9 Å². The molecule has 5 unspecified atom stereocenters. The third-order valence-electron chi connectivity index (χ3n) is 24.3. The molecular weight excluding hydrogens is 1680 g/mol. The number of aromatic nitrogens is 8. The molecule has 0 spiro atoms. The quantitative estimate of drug-likeness (QED) is 0.0174. The minimum atomic E-state index is -0.568. The van der Waals surface area contributed by atoms with Gasteiger partial charge in [0, 0.05) is 207 Å². The topological polar surface area (TPSA) is 380 Å². The molecule has 35 nitrogen and oxygen atoms in total. The molecule has 670 valence electrons. The average molecular weight is 1780 g/mol. The lowest BCUT2D eigenvalue weighted by Gasteiger charge is -2.40. The van der Waals surface area contributed by atoms with Gasteiger partial charge in [-0.05, 0) is 85.5 Å². The van der Waals surface area contributed by atoms with Crippen molar-refractivity contribution in [3.05, 3.63) is 203 Å². The second-order valence-corrected chi connectivity index (χ2v) is 33.2. The van der Waals surface area contributed by atoms with Crippen LogP contribution in [0.1, 0.15) is 83.5 Å². The molecule has 11 N–H and O–H groups in total. The fourth-order valence-corrected chi connectivity index (χ4v) is 17.9. The molecular formula is C88H99ClF4N26O9. The molecule has 5 atom stereocenters. The minimum Gasteiger partial charge on any atom is -0.378 e. The molecule has 0 bridgehead atoms. The van der Waals surface area contributed by atoms with Crippen LogP contribution in [0.15, 0.2) is 130 Å². The largest absolute Gasteiger partial charge is 0.378 e. The summed E-state index contributed by atoms with van der Waals surface area (Å²) in [7, 11) is 3.57. The zero-order valence-corrected chi connectivity index (χ0v) is 71.7. The molecule has 0 saturated carbocycles. The van der Waals surface area contributed by atoms with Gasteiger partial charge < -0.3 is 102 Å². The number of pyridine rings is 4. The molecule has 128 heavy (non-hydrogen) atoms. The van der Waals surface area contributed by atoms with E-state index in [0.29, 0.717) is 128 Å². The summed E-state index contributed by atoms with van der Waals surface area (Å²) in [5, 5.41) is 40.9. The predicted molar refractivity (Wildman–Crippen MR) is 476 cm³/mol. The molecule has 11 aliphatic rings. The molecule has 0 radical (unpaired) electrons. The van der Waals surface area contributed by atoms with E-state index in [1.807, 2.05) is 53.1 Å². The molecule has 6 aromatic heterocycles. The molecule has 7 amide bonds. The van der Waals surface area contributed by atoms with E-state index in [4.69, 9.17) is 21.1 Å². The van der Waals surface area contributed by atoms with E-state index in [0.717, 1.165) is 88.0 Å². The van der Waals surface area contributed by atoms with Gasteiger partial charge in [-0.1, -0.05) is 51.4 Å². The van der Waals surface area contributed by atoms with E-state index in [-0.39, 0.29) is 154 Å². The Hall–Kier alpha value is -13.8. The van der Waals surface area contributed by atoms with Crippen LogP contribution < -0.4 is 83.0 Å². The van der Waals surface area contributed by atoms with Crippen molar-refractivity contribution in [1.82, 2.24) is 81.2 Å². The number of carbonyl (C=O) groups is 7. The third-order valence-corrected chi connectivity index (χ3v) is 24.6. The lowest BCUT2D eigenvalue weighted by atomic mass is 10.0. The van der Waals surface area contributed by atoms with E-state index in [2.05, 4.69) is 136 Å². The number of likely N-dealkylation sites (tertiary alicyclic amines) is 2. The summed E-state index contributed by atoms with van der Waals surface area (Å²) in [5.74, 6) is -1.28. The van der Waals surface area contributed by atoms with E-state index < -0.39 is 23.3 Å². The van der Waals surface area contributed by atoms with Crippen molar-refractivity contribution in [3.63, 3.8) is 0 Å². The molecule has 7 saturated heterocycles. The van der Waals surface area contributed by atoms with Crippen molar-refractivity contribution in [2.45, 2.75) is 64.1 Å². The second kappa shape index (κ2) is 37.8. The standard InChI is InChI=1S/C25H28ClFN6O3.C25H29FN6O3.C21H24FN7O.C17H18FN7O2/c1-2-20(34)33-7-3-4-16(14-33)30-24-22(27)17-13-28-25(35)21(17)23(31-24)29-15-5-6-19(18(26)12-15)32-8-10-36-11-9-32;1-3-20(33)29-19-14-32(13-15(19)2)24-22(26)18-12-27-25(34)21(18)23(30-24)28-16-4-6-17(7-5-16)31-8-10-35-11-9-31;1-4-12(2)28-7-13-9-29(10-14(13)8-28)20-18(22)16-6-23-21(30)17(16)19(26-20)25-15-5-24-27(3)11-15;1-3-12(26)21-10-7-25(8-10)16-14(18)11-5-19-17(27)13(11)15(23-16)22-9-4-20-24(2)6-9/h2,5-6,12,16H,1,3-4,7-11,13-14H2,(H,28,35)(H2,29,30,31);3-7,15,19H,1,8-14H2,2H3,(H,27,34)(H,28,30)(H,29,33);4-5,11,13-14H,1-2,6-10H2,3H3,(H,23,30)(H,25,26);3-4,6,10H,1,5,7-8H2,2H3,(H,19,27)(H,21,26)(H,22,23). The van der Waals surface area contributed by atoms with Gasteiger partial charge in [0.05, 0.1) is 95.2 Å². The first kappa shape index (κ1) is 87.6. The summed E-state index contributed by atoms with van der Waals surface area (Å²) in [5.41, 5.74) is 7.75. The van der Waals surface area contributed by atoms with Gasteiger partial charge in [-0.15, -0.1) is 0 Å². The van der Waals surface area contributed by atoms with Crippen LogP contribution in [0.5, 0.6) is 0 Å². The Kier molecular flexibility index (Phi) is 25.9. The summed E-state index contributed by atoms with van der Waals surface area (Å²) in [4.78, 5) is 117. The number of fused-ring (bicyclic) bond motifs is 5. The Labute approximate surface area is 739 Å². The highest BCUT2D eigenvalue weighted by atomic mass is 35.5. The summed E-state index contributed by atoms with van der Waals surface area (Å²) in [6, 6.07) is 13.0. The summed E-state index contributed by atoms with van der Waals surface area (Å²) >= 11 is 6.58. The van der Waals surface area contributed by atoms with Crippen LogP contribution in [-0.4, -0.2) is 227 Å². The molecule has 11 aliphatic heterocycles. The number of nitrogens with zero attached hydrogens (tertiary/aromatic N) is 15. The SMILES string of the molecule is C=CC(=C)N1CC2CN(c3nc(Nc4cnn(C)c4)c4c(c3F)CNC4=O)CC2C1.C=CC(=O)N1CCCC(Nc2nc(Nc3ccc(N4CCOCC4)c(Cl)c3)c3c(c2F)CNC3=O)C1.C=CC(=O)NC1CN(c2nc(Nc3ccc(N4CCOCC4)cc3)c3c(c2F)CNC3=O)CC1C.C=CC(=O)NC1CN(c2nc(Nc3cnn(C)c3)c3c(c2F)CNC3=O)C1. The monoisotopic (exact) mass is 1770 g/mol. The summed E-state index contributed by atoms with van der Waals surface area (Å²) < 4.78 is 75.3. The highest BCUT2D eigenvalue weighted by Crippen LogP contribution is 2.43. The number of hydrogen-bond acceptors (Lipinski definition) is 26. The van der Waals surface area contributed by atoms with Crippen LogP contribution in [0.3, 0.4) is 0 Å². The van der Waals surface area contributed by atoms with Gasteiger partial charge >= 0.3 is 0 Å². The highest BCUT2D eigenvalue weighted by Gasteiger charge is 2.44. The van der Waals surface area contributed by atoms with Gasteiger partial charge in [0.25, 0.3) is 23.6 Å². The average Bonchev–Trinajstić information content (AvgIpc) is 1.58. The Morgan fingerprint density at radius 2 is 0.938 bits per heavy atom. The normalized spacial score (nSPS) is 19.9. The molecule has 7 fully saturated rings. The van der Waals surface area contributed by atoms with Crippen LogP contribution in [0, 0.1) is 41.0 Å². The number of aryl methyl sites for hydroxylation is 2. The molecule has 0 aliphatic carbocycles. The number of halogens is 5. The van der Waals surface area contributed by atoms with Crippen molar-refractivity contribution in [2.75, 3.05) is 169 Å². The molecule has 17 heterocycles. The molecule has 40 heteroatoms. The fraction of sp³-hybridized carbons (Fsp3) is 0.375. The maximum Gasteiger partial charge on any atom is 0.255 e. The molecule has 8 aromatic rings. The number of nitrogens with one attached hydrogen (secondary N) is 11. The number of amides is 7. The fourth-order valence-electron chi connectivity index (χ4n) is 17.6. The first-order chi connectivity index (χ1) is 61.8. The van der Waals surface area contributed by atoms with Crippen molar-refractivity contribution >= 4 is 134 Å².